The predicted molar refractivity (Wildman–Crippen MR) is 361 cm³/mol. The molecular formula is C65H118N4O16S4. The molecule has 4 unspecified atom stereocenters. The molecule has 1 aliphatic rings. The SMILES string of the molecule is CCCCCSCC(C)C(=O)OCCOC(=O)CCN(CCCN1CCN(CCCN(CCC(=O)OCCOC(=O)C(C)CSCCCCC)CCC(=O)OCCOC(=O)C(C)SCCCCC)CC1)CCC(=O)OCCOC(=O)C(C)CSCCCCC. The minimum atomic E-state index is -0.423. The quantitative estimate of drug-likeness (QED) is 0.0314. The molecule has 1 heterocycles. The van der Waals surface area contributed by atoms with E-state index in [-0.39, 0.29) is 125 Å². The first-order valence-electron chi connectivity index (χ1n) is 33.6. The third-order valence-electron chi connectivity index (χ3n) is 14.7. The number of carbonyl (C=O) groups is 8. The van der Waals surface area contributed by atoms with Gasteiger partial charge >= 0.3 is 47.8 Å². The Bertz CT molecular complexity index is 1820. The lowest BCUT2D eigenvalue weighted by molar-refractivity contribution is -0.154. The van der Waals surface area contributed by atoms with E-state index in [0.29, 0.717) is 56.5 Å². The molecule has 0 amide bonds. The fourth-order valence-corrected chi connectivity index (χ4v) is 13.1. The van der Waals surface area contributed by atoms with Crippen LogP contribution >= 0.6 is 47.0 Å². The maximum atomic E-state index is 12.9. The van der Waals surface area contributed by atoms with E-state index in [1.54, 1.807) is 47.0 Å². The number of hydrogen-bond acceptors (Lipinski definition) is 24. The van der Waals surface area contributed by atoms with Crippen molar-refractivity contribution in [2.75, 3.05) is 172 Å². The van der Waals surface area contributed by atoms with Crippen molar-refractivity contribution in [1.82, 2.24) is 19.6 Å². The molecule has 0 spiro atoms. The summed E-state index contributed by atoms with van der Waals surface area (Å²) in [5, 5.41) is -0.292. The van der Waals surface area contributed by atoms with Crippen LogP contribution in [-0.4, -0.2) is 244 Å². The van der Waals surface area contributed by atoms with E-state index < -0.39 is 23.9 Å². The lowest BCUT2D eigenvalue weighted by Crippen LogP contribution is -2.47. The van der Waals surface area contributed by atoms with Gasteiger partial charge in [0.25, 0.3) is 0 Å². The van der Waals surface area contributed by atoms with E-state index in [1.807, 2.05) is 27.7 Å². The van der Waals surface area contributed by atoms with Crippen molar-refractivity contribution in [1.29, 1.82) is 0 Å². The molecule has 0 radical (unpaired) electrons. The normalized spacial score (nSPS) is 14.2. The molecule has 518 valence electrons. The molecule has 0 N–H and O–H groups in total. The first-order chi connectivity index (χ1) is 43.0. The van der Waals surface area contributed by atoms with Gasteiger partial charge in [0.1, 0.15) is 52.9 Å². The van der Waals surface area contributed by atoms with Crippen molar-refractivity contribution in [3.05, 3.63) is 0 Å². The van der Waals surface area contributed by atoms with E-state index in [1.165, 1.54) is 19.3 Å². The van der Waals surface area contributed by atoms with Gasteiger partial charge in [0.05, 0.1) is 48.7 Å². The second-order valence-corrected chi connectivity index (χ2v) is 27.8. The topological polar surface area (TPSA) is 223 Å². The monoisotopic (exact) mass is 1340 g/mol. The van der Waals surface area contributed by atoms with Crippen molar-refractivity contribution in [3.8, 4) is 0 Å². The van der Waals surface area contributed by atoms with E-state index >= 15 is 0 Å². The molecule has 0 aromatic heterocycles. The zero-order valence-corrected chi connectivity index (χ0v) is 59.3. The van der Waals surface area contributed by atoms with Gasteiger partial charge in [-0.15, -0.1) is 11.8 Å². The lowest BCUT2D eigenvalue weighted by Gasteiger charge is -2.35. The summed E-state index contributed by atoms with van der Waals surface area (Å²) in [6.07, 6.45) is 15.6. The van der Waals surface area contributed by atoms with Gasteiger partial charge < -0.3 is 57.5 Å². The van der Waals surface area contributed by atoms with Gasteiger partial charge in [0.15, 0.2) is 0 Å². The Kier molecular flexibility index (Phi) is 54.4. The minimum Gasteiger partial charge on any atom is -0.462 e. The summed E-state index contributed by atoms with van der Waals surface area (Å²) >= 11 is 6.80. The second kappa shape index (κ2) is 57.6. The summed E-state index contributed by atoms with van der Waals surface area (Å²) in [5.74, 6) is 2.33. The molecule has 1 aliphatic heterocycles. The molecule has 1 rings (SSSR count). The van der Waals surface area contributed by atoms with Crippen molar-refractivity contribution in [2.24, 2.45) is 17.8 Å². The Morgan fingerprint density at radius 3 is 0.910 bits per heavy atom. The van der Waals surface area contributed by atoms with Crippen LogP contribution in [0.2, 0.25) is 0 Å². The highest BCUT2D eigenvalue weighted by Gasteiger charge is 2.22. The second-order valence-electron chi connectivity index (χ2n) is 22.9. The average Bonchev–Trinajstić information content (AvgIpc) is 3.53. The van der Waals surface area contributed by atoms with Crippen molar-refractivity contribution < 1.29 is 76.3 Å². The maximum absolute atomic E-state index is 12.9. The third-order valence-corrected chi connectivity index (χ3v) is 19.8. The van der Waals surface area contributed by atoms with Crippen molar-refractivity contribution >= 4 is 94.8 Å². The standard InChI is InChI=1S/C65H118N4O16S4/c1-9-13-17-47-86-51-54(5)62(74)82-43-39-78-58(70)23-31-66(32-24-59(71)79-40-44-83-63(75)55(6)52-87-48-18-14-10-2)27-21-29-68-35-37-69(38-36-68)30-22-28-67(34-26-61(73)81-42-46-85-65(77)57(8)89-50-20-16-12-4)33-25-60(72)80-41-45-84-64(76)56(7)53-88-49-19-15-11-3/h54-57H,9-53H2,1-8H3. The summed E-state index contributed by atoms with van der Waals surface area (Å²) in [5.41, 5.74) is 0. The molecule has 0 aliphatic carbocycles. The Morgan fingerprint density at radius 1 is 0.348 bits per heavy atom. The van der Waals surface area contributed by atoms with Gasteiger partial charge in [-0.25, -0.2) is 0 Å². The Balaban J connectivity index is 2.75. The highest BCUT2D eigenvalue weighted by atomic mass is 32.2. The van der Waals surface area contributed by atoms with E-state index in [2.05, 4.69) is 47.3 Å². The van der Waals surface area contributed by atoms with E-state index in [4.69, 9.17) is 37.9 Å². The fourth-order valence-electron chi connectivity index (χ4n) is 8.99. The van der Waals surface area contributed by atoms with Crippen LogP contribution in [0.4, 0.5) is 0 Å². The molecular weight excluding hydrogens is 1220 g/mol. The van der Waals surface area contributed by atoms with Gasteiger partial charge in [-0.2, -0.15) is 35.3 Å². The number of nitrogens with zero attached hydrogens (tertiary/aromatic N) is 4. The number of piperazine rings is 1. The number of unbranched alkanes of at least 4 members (excludes halogenated alkanes) is 8. The largest absolute Gasteiger partial charge is 0.462 e. The Hall–Kier alpha value is -3.00. The van der Waals surface area contributed by atoms with Crippen LogP contribution in [0.25, 0.3) is 0 Å². The van der Waals surface area contributed by atoms with Crippen molar-refractivity contribution in [3.63, 3.8) is 0 Å². The fraction of sp³-hybridized carbons (Fsp3) is 0.877. The van der Waals surface area contributed by atoms with Gasteiger partial charge in [-0.1, -0.05) is 99.8 Å². The molecule has 0 bridgehead atoms. The van der Waals surface area contributed by atoms with Crippen LogP contribution in [-0.2, 0) is 76.3 Å². The van der Waals surface area contributed by atoms with Crippen LogP contribution in [0.15, 0.2) is 0 Å². The van der Waals surface area contributed by atoms with Crippen LogP contribution in [0.5, 0.6) is 0 Å². The number of thioether (sulfide) groups is 4. The molecule has 20 nitrogen and oxygen atoms in total. The molecule has 24 heteroatoms. The summed E-state index contributed by atoms with van der Waals surface area (Å²) in [6.45, 7) is 23.6. The molecule has 0 aromatic carbocycles. The number of hydrogen-bond donors (Lipinski definition) is 0. The van der Waals surface area contributed by atoms with Crippen LogP contribution < -0.4 is 0 Å². The van der Waals surface area contributed by atoms with Gasteiger partial charge in [0, 0.05) is 69.6 Å². The van der Waals surface area contributed by atoms with E-state index in [0.717, 1.165) is 133 Å². The number of esters is 8. The summed E-state index contributed by atoms with van der Waals surface area (Å²) in [6, 6.07) is 0. The van der Waals surface area contributed by atoms with Crippen LogP contribution in [0.3, 0.4) is 0 Å². The van der Waals surface area contributed by atoms with E-state index in [9.17, 15) is 38.4 Å². The maximum Gasteiger partial charge on any atom is 0.318 e. The number of rotatable bonds is 59. The highest BCUT2D eigenvalue weighted by Crippen LogP contribution is 2.18. The zero-order chi connectivity index (χ0) is 65.5. The van der Waals surface area contributed by atoms with Crippen LogP contribution in [0.1, 0.15) is 171 Å². The van der Waals surface area contributed by atoms with Crippen molar-refractivity contribution in [2.45, 2.75) is 176 Å². The summed E-state index contributed by atoms with van der Waals surface area (Å²) in [7, 11) is 0. The van der Waals surface area contributed by atoms with Gasteiger partial charge in [-0.3, -0.25) is 38.4 Å². The predicted octanol–water partition coefficient (Wildman–Crippen LogP) is 9.88. The summed E-state index contributed by atoms with van der Waals surface area (Å²) in [4.78, 5) is 110. The first-order valence-corrected chi connectivity index (χ1v) is 38.1. The molecule has 89 heavy (non-hydrogen) atoms. The lowest BCUT2D eigenvalue weighted by atomic mass is 10.2. The number of ether oxygens (including phenoxy) is 8. The van der Waals surface area contributed by atoms with Gasteiger partial charge in [0.2, 0.25) is 0 Å². The zero-order valence-electron chi connectivity index (χ0n) is 56.1. The smallest absolute Gasteiger partial charge is 0.318 e. The summed E-state index contributed by atoms with van der Waals surface area (Å²) < 4.78 is 43.2. The molecule has 0 saturated carbocycles. The Morgan fingerprint density at radius 2 is 0.618 bits per heavy atom. The molecule has 1 fully saturated rings. The number of carbonyl (C=O) groups excluding carboxylic acids is 8. The first kappa shape index (κ1) is 84.0. The highest BCUT2D eigenvalue weighted by molar-refractivity contribution is 8.00. The molecule has 4 atom stereocenters. The minimum absolute atomic E-state index is 0.0117. The van der Waals surface area contributed by atoms with Crippen LogP contribution in [0, 0.1) is 17.8 Å². The average molecular weight is 1340 g/mol. The third kappa shape index (κ3) is 48.4. The Labute approximate surface area is 553 Å². The van der Waals surface area contributed by atoms with Gasteiger partial charge in [-0.05, 0) is 94.6 Å². The molecule has 1 saturated heterocycles. The molecule has 0 aromatic rings.